The Bertz CT molecular complexity index is 478. The molecule has 2 unspecified atom stereocenters. The molecule has 0 aliphatic heterocycles. The van der Waals surface area contributed by atoms with E-state index in [0.29, 0.717) is 23.2 Å². The Balaban J connectivity index is 2.16. The van der Waals surface area contributed by atoms with Crippen molar-refractivity contribution in [3.05, 3.63) is 29.0 Å². The van der Waals surface area contributed by atoms with Crippen LogP contribution in [0.2, 0.25) is 5.02 Å². The van der Waals surface area contributed by atoms with E-state index < -0.39 is 0 Å². The van der Waals surface area contributed by atoms with Crippen LogP contribution in [-0.4, -0.2) is 12.1 Å². The molecule has 2 atom stereocenters. The highest BCUT2D eigenvalue weighted by molar-refractivity contribution is 6.33. The standard InChI is InChI=1S/C17H26ClFN2/c1-12(2)13-4-3-8-17(11-20,9-7-13)21-16-10-14(19)5-6-15(16)18/h5-6,10,12-13,21H,3-4,7-9,11,20H2,1-2H3. The molecule has 0 amide bonds. The van der Waals surface area contributed by atoms with Gasteiger partial charge < -0.3 is 11.1 Å². The molecule has 0 bridgehead atoms. The predicted octanol–water partition coefficient (Wildman–Crippen LogP) is 4.82. The molecule has 0 spiro atoms. The second kappa shape index (κ2) is 6.97. The summed E-state index contributed by atoms with van der Waals surface area (Å²) in [5, 5.41) is 4.01. The molecule has 1 aliphatic carbocycles. The molecular weight excluding hydrogens is 287 g/mol. The number of benzene rings is 1. The van der Waals surface area contributed by atoms with E-state index in [1.54, 1.807) is 6.07 Å². The molecule has 1 aromatic carbocycles. The molecule has 0 saturated heterocycles. The number of anilines is 1. The number of hydrogen-bond donors (Lipinski definition) is 2. The van der Waals surface area contributed by atoms with Crippen molar-refractivity contribution >= 4 is 17.3 Å². The molecule has 3 N–H and O–H groups in total. The molecule has 4 heteroatoms. The maximum Gasteiger partial charge on any atom is 0.125 e. The molecule has 1 saturated carbocycles. The molecule has 0 radical (unpaired) electrons. The Hall–Kier alpha value is -0.800. The van der Waals surface area contributed by atoms with Crippen molar-refractivity contribution in [3.63, 3.8) is 0 Å². The van der Waals surface area contributed by atoms with Gasteiger partial charge in [-0.05, 0) is 49.3 Å². The van der Waals surface area contributed by atoms with Gasteiger partial charge in [-0.1, -0.05) is 38.3 Å². The van der Waals surface area contributed by atoms with E-state index in [9.17, 15) is 4.39 Å². The summed E-state index contributed by atoms with van der Waals surface area (Å²) in [4.78, 5) is 0. The lowest BCUT2D eigenvalue weighted by Crippen LogP contribution is -2.45. The van der Waals surface area contributed by atoms with Crippen molar-refractivity contribution in [1.82, 2.24) is 0 Å². The van der Waals surface area contributed by atoms with Crippen molar-refractivity contribution in [2.45, 2.75) is 51.5 Å². The van der Waals surface area contributed by atoms with Crippen LogP contribution in [0.15, 0.2) is 18.2 Å². The van der Waals surface area contributed by atoms with Gasteiger partial charge in [-0.2, -0.15) is 0 Å². The summed E-state index contributed by atoms with van der Waals surface area (Å²) in [6.07, 6.45) is 5.59. The van der Waals surface area contributed by atoms with Crippen LogP contribution in [0.3, 0.4) is 0 Å². The molecule has 1 aliphatic rings. The third kappa shape index (κ3) is 4.10. The highest BCUT2D eigenvalue weighted by Gasteiger charge is 2.33. The van der Waals surface area contributed by atoms with Crippen molar-refractivity contribution in [3.8, 4) is 0 Å². The Kier molecular flexibility index (Phi) is 5.50. The largest absolute Gasteiger partial charge is 0.377 e. The molecule has 118 valence electrons. The highest BCUT2D eigenvalue weighted by Crippen LogP contribution is 2.37. The zero-order chi connectivity index (χ0) is 15.5. The fraction of sp³-hybridized carbons (Fsp3) is 0.647. The normalized spacial score (nSPS) is 26.7. The Morgan fingerprint density at radius 3 is 2.81 bits per heavy atom. The van der Waals surface area contributed by atoms with E-state index in [0.717, 1.165) is 31.6 Å². The molecular formula is C17H26ClFN2. The average molecular weight is 313 g/mol. The second-order valence-electron chi connectivity index (χ2n) is 6.67. The first-order valence-electron chi connectivity index (χ1n) is 7.89. The fourth-order valence-electron chi connectivity index (χ4n) is 3.36. The molecule has 1 aromatic rings. The Morgan fingerprint density at radius 2 is 2.14 bits per heavy atom. The number of hydrogen-bond acceptors (Lipinski definition) is 2. The minimum Gasteiger partial charge on any atom is -0.377 e. The van der Waals surface area contributed by atoms with Crippen LogP contribution in [-0.2, 0) is 0 Å². The summed E-state index contributed by atoms with van der Waals surface area (Å²) in [7, 11) is 0. The number of rotatable bonds is 4. The van der Waals surface area contributed by atoms with Gasteiger partial charge in [0.25, 0.3) is 0 Å². The lowest BCUT2D eigenvalue weighted by atomic mass is 9.86. The number of halogens is 2. The van der Waals surface area contributed by atoms with Crippen molar-refractivity contribution in [2.75, 3.05) is 11.9 Å². The summed E-state index contributed by atoms with van der Waals surface area (Å²) in [6, 6.07) is 4.44. The lowest BCUT2D eigenvalue weighted by molar-refractivity contribution is 0.332. The summed E-state index contributed by atoms with van der Waals surface area (Å²) in [5.74, 6) is 1.18. The maximum atomic E-state index is 13.4. The fourth-order valence-corrected chi connectivity index (χ4v) is 3.52. The monoisotopic (exact) mass is 312 g/mol. The first-order valence-corrected chi connectivity index (χ1v) is 8.27. The van der Waals surface area contributed by atoms with Crippen LogP contribution >= 0.6 is 11.6 Å². The van der Waals surface area contributed by atoms with E-state index >= 15 is 0 Å². The van der Waals surface area contributed by atoms with E-state index in [1.807, 2.05) is 0 Å². The van der Waals surface area contributed by atoms with Gasteiger partial charge in [0.1, 0.15) is 5.82 Å². The third-order valence-electron chi connectivity index (χ3n) is 4.89. The first-order chi connectivity index (χ1) is 9.96. The van der Waals surface area contributed by atoms with Crippen LogP contribution in [0.4, 0.5) is 10.1 Å². The average Bonchev–Trinajstić information content (AvgIpc) is 2.66. The molecule has 21 heavy (non-hydrogen) atoms. The number of nitrogens with one attached hydrogen (secondary N) is 1. The van der Waals surface area contributed by atoms with Gasteiger partial charge >= 0.3 is 0 Å². The lowest BCUT2D eigenvalue weighted by Gasteiger charge is -2.34. The van der Waals surface area contributed by atoms with Crippen LogP contribution in [0, 0.1) is 17.7 Å². The molecule has 2 rings (SSSR count). The van der Waals surface area contributed by atoms with Gasteiger partial charge in [0.2, 0.25) is 0 Å². The Morgan fingerprint density at radius 1 is 1.38 bits per heavy atom. The topological polar surface area (TPSA) is 38.0 Å². The van der Waals surface area contributed by atoms with Crippen LogP contribution < -0.4 is 11.1 Å². The van der Waals surface area contributed by atoms with Gasteiger partial charge in [0, 0.05) is 12.1 Å². The summed E-state index contributed by atoms with van der Waals surface area (Å²) in [5.41, 5.74) is 6.56. The smallest absolute Gasteiger partial charge is 0.125 e. The zero-order valence-corrected chi connectivity index (χ0v) is 13.7. The predicted molar refractivity (Wildman–Crippen MR) is 88.2 cm³/mol. The van der Waals surface area contributed by atoms with E-state index in [4.69, 9.17) is 17.3 Å². The Labute approximate surface area is 132 Å². The van der Waals surface area contributed by atoms with Gasteiger partial charge in [0.15, 0.2) is 0 Å². The van der Waals surface area contributed by atoms with E-state index in [2.05, 4.69) is 19.2 Å². The van der Waals surface area contributed by atoms with Gasteiger partial charge in [-0.3, -0.25) is 0 Å². The maximum absolute atomic E-state index is 13.4. The van der Waals surface area contributed by atoms with Crippen LogP contribution in [0.5, 0.6) is 0 Å². The quantitative estimate of drug-likeness (QED) is 0.782. The first kappa shape index (κ1) is 16.6. The highest BCUT2D eigenvalue weighted by atomic mass is 35.5. The van der Waals surface area contributed by atoms with E-state index in [-0.39, 0.29) is 11.4 Å². The van der Waals surface area contributed by atoms with Gasteiger partial charge in [-0.15, -0.1) is 0 Å². The minimum absolute atomic E-state index is 0.166. The molecule has 2 nitrogen and oxygen atoms in total. The minimum atomic E-state index is -0.275. The SMILES string of the molecule is CC(C)C1CCCC(CN)(Nc2cc(F)ccc2Cl)CC1. The van der Waals surface area contributed by atoms with Crippen LogP contribution in [0.1, 0.15) is 46.0 Å². The molecule has 0 heterocycles. The van der Waals surface area contributed by atoms with Crippen molar-refractivity contribution < 1.29 is 4.39 Å². The van der Waals surface area contributed by atoms with Gasteiger partial charge in [0.05, 0.1) is 10.7 Å². The van der Waals surface area contributed by atoms with Crippen LogP contribution in [0.25, 0.3) is 0 Å². The second-order valence-corrected chi connectivity index (χ2v) is 7.08. The summed E-state index contributed by atoms with van der Waals surface area (Å²) < 4.78 is 13.4. The molecule has 0 aromatic heterocycles. The van der Waals surface area contributed by atoms with E-state index in [1.165, 1.54) is 18.6 Å². The summed E-state index contributed by atoms with van der Waals surface area (Å²) >= 11 is 6.18. The van der Waals surface area contributed by atoms with Crippen molar-refractivity contribution in [2.24, 2.45) is 17.6 Å². The van der Waals surface area contributed by atoms with Gasteiger partial charge in [-0.25, -0.2) is 4.39 Å². The number of nitrogens with two attached hydrogens (primary N) is 1. The third-order valence-corrected chi connectivity index (χ3v) is 5.22. The zero-order valence-electron chi connectivity index (χ0n) is 13.0. The summed E-state index contributed by atoms with van der Waals surface area (Å²) in [6.45, 7) is 5.12. The van der Waals surface area contributed by atoms with Crippen molar-refractivity contribution in [1.29, 1.82) is 0 Å². The molecule has 1 fully saturated rings.